The number of piperidine rings is 1. The van der Waals surface area contributed by atoms with E-state index in [1.807, 2.05) is 18.7 Å². The van der Waals surface area contributed by atoms with Crippen molar-refractivity contribution in [3.8, 4) is 0 Å². The molecule has 2 unspecified atom stereocenters. The molecule has 5 rings (SSSR count). The molecule has 3 aromatic rings. The molecule has 4 heterocycles. The number of nitrogens with zero attached hydrogens (tertiary/aromatic N) is 4. The quantitative estimate of drug-likeness (QED) is 0.777. The fraction of sp³-hybridized carbons (Fsp3) is 0.556. The molecule has 0 aromatic carbocycles. The number of hydrogen-bond acceptors (Lipinski definition) is 4. The van der Waals surface area contributed by atoms with E-state index < -0.39 is 0 Å². The van der Waals surface area contributed by atoms with E-state index in [1.54, 1.807) is 0 Å². The van der Waals surface area contributed by atoms with Crippen LogP contribution in [0.25, 0.3) is 22.1 Å². The Morgan fingerprint density at radius 1 is 1.21 bits per heavy atom. The van der Waals surface area contributed by atoms with Gasteiger partial charge in [-0.15, -0.1) is 0 Å². The Bertz CT molecular complexity index is 865. The van der Waals surface area contributed by atoms with E-state index in [-0.39, 0.29) is 6.23 Å². The molecule has 6 heteroatoms. The summed E-state index contributed by atoms with van der Waals surface area (Å²) in [5, 5.41) is 11.8. The van der Waals surface area contributed by atoms with Crippen LogP contribution >= 0.6 is 0 Å². The second kappa shape index (κ2) is 5.57. The Morgan fingerprint density at radius 2 is 2.12 bits per heavy atom. The molecule has 2 fully saturated rings. The highest BCUT2D eigenvalue weighted by atomic mass is 16.3. The van der Waals surface area contributed by atoms with E-state index in [1.165, 1.54) is 19.3 Å². The molecular weight excluding hydrogens is 302 g/mol. The minimum atomic E-state index is -0.273. The molecule has 1 saturated heterocycles. The Morgan fingerprint density at radius 3 is 2.96 bits per heavy atom. The van der Waals surface area contributed by atoms with Crippen molar-refractivity contribution >= 4 is 22.1 Å². The largest absolute Gasteiger partial charge is 0.378 e. The predicted octanol–water partition coefficient (Wildman–Crippen LogP) is 2.67. The zero-order chi connectivity index (χ0) is 16.1. The molecule has 2 atom stereocenters. The third kappa shape index (κ3) is 2.17. The highest BCUT2D eigenvalue weighted by Crippen LogP contribution is 2.35. The van der Waals surface area contributed by atoms with Gasteiger partial charge in [-0.3, -0.25) is 4.90 Å². The number of rotatable bonds is 3. The van der Waals surface area contributed by atoms with E-state index in [9.17, 15) is 5.11 Å². The third-order valence-electron chi connectivity index (χ3n) is 5.89. The van der Waals surface area contributed by atoms with Crippen LogP contribution in [0.2, 0.25) is 0 Å². The first-order valence-electron chi connectivity index (χ1n) is 9.02. The summed E-state index contributed by atoms with van der Waals surface area (Å²) in [6.45, 7) is 1.90. The minimum absolute atomic E-state index is 0.273. The number of likely N-dealkylation sites (tertiary alicyclic amines) is 1. The molecule has 0 bridgehead atoms. The van der Waals surface area contributed by atoms with Crippen molar-refractivity contribution in [3.63, 3.8) is 0 Å². The molecule has 24 heavy (non-hydrogen) atoms. The lowest BCUT2D eigenvalue weighted by atomic mass is 9.83. The number of nitrogens with one attached hydrogen (secondary N) is 1. The van der Waals surface area contributed by atoms with Crippen LogP contribution in [0, 0.1) is 5.92 Å². The summed E-state index contributed by atoms with van der Waals surface area (Å²) in [5.41, 5.74) is 3.01. The molecule has 1 aliphatic heterocycles. The van der Waals surface area contributed by atoms with Crippen molar-refractivity contribution in [2.24, 2.45) is 5.92 Å². The van der Waals surface area contributed by atoms with Crippen LogP contribution in [-0.2, 0) is 0 Å². The molecule has 126 valence electrons. The number of aliphatic hydroxyl groups is 1. The maximum atomic E-state index is 10.6. The van der Waals surface area contributed by atoms with Crippen molar-refractivity contribution in [1.29, 1.82) is 0 Å². The lowest BCUT2D eigenvalue weighted by Gasteiger charge is -2.42. The number of fused-ring (bicyclic) bond motifs is 3. The van der Waals surface area contributed by atoms with Crippen molar-refractivity contribution in [2.75, 3.05) is 13.1 Å². The van der Waals surface area contributed by atoms with Gasteiger partial charge in [0.2, 0.25) is 0 Å². The Hall–Kier alpha value is -1.92. The zero-order valence-electron chi connectivity index (χ0n) is 13.7. The highest BCUT2D eigenvalue weighted by Gasteiger charge is 2.33. The van der Waals surface area contributed by atoms with Crippen LogP contribution in [0.5, 0.6) is 0 Å². The normalized spacial score (nSPS) is 24.5. The van der Waals surface area contributed by atoms with Crippen molar-refractivity contribution in [2.45, 2.75) is 44.4 Å². The zero-order valence-corrected chi connectivity index (χ0v) is 13.7. The average molecular weight is 325 g/mol. The van der Waals surface area contributed by atoms with Crippen LogP contribution in [0.3, 0.4) is 0 Å². The lowest BCUT2D eigenvalue weighted by molar-refractivity contribution is -0.0787. The van der Waals surface area contributed by atoms with Crippen molar-refractivity contribution in [3.05, 3.63) is 24.8 Å². The summed E-state index contributed by atoms with van der Waals surface area (Å²) >= 11 is 0. The van der Waals surface area contributed by atoms with Crippen LogP contribution in [0.4, 0.5) is 0 Å². The van der Waals surface area contributed by atoms with Crippen LogP contribution in [0.1, 0.15) is 38.1 Å². The maximum absolute atomic E-state index is 10.6. The van der Waals surface area contributed by atoms with Crippen molar-refractivity contribution < 1.29 is 5.11 Å². The smallest absolute Gasteiger partial charge is 0.139 e. The monoisotopic (exact) mass is 325 g/mol. The number of H-pyrrole nitrogens is 1. The number of aromatic nitrogens is 4. The van der Waals surface area contributed by atoms with Gasteiger partial charge in [0.25, 0.3) is 0 Å². The molecule has 2 N–H and O–H groups in total. The minimum Gasteiger partial charge on any atom is -0.378 e. The Kier molecular flexibility index (Phi) is 3.35. The fourth-order valence-corrected chi connectivity index (χ4v) is 4.29. The number of hydrogen-bond donors (Lipinski definition) is 2. The van der Waals surface area contributed by atoms with Gasteiger partial charge in [-0.25, -0.2) is 9.97 Å². The number of imidazole rings is 1. The second-order valence-electron chi connectivity index (χ2n) is 7.28. The number of aromatic amines is 1. The average Bonchev–Trinajstić information content (AvgIpc) is 3.19. The van der Waals surface area contributed by atoms with Gasteiger partial charge in [0.05, 0.1) is 18.0 Å². The number of pyridine rings is 1. The first kappa shape index (κ1) is 14.4. The summed E-state index contributed by atoms with van der Waals surface area (Å²) in [5.74, 6) is 0.476. The van der Waals surface area contributed by atoms with Crippen LogP contribution in [0.15, 0.2) is 24.8 Å². The summed E-state index contributed by atoms with van der Waals surface area (Å²) in [6.07, 6.45) is 11.3. The van der Waals surface area contributed by atoms with Gasteiger partial charge in [-0.05, 0) is 37.7 Å². The first-order valence-corrected chi connectivity index (χ1v) is 9.02. The molecule has 0 spiro atoms. The molecule has 1 aliphatic carbocycles. The van der Waals surface area contributed by atoms with E-state index in [0.717, 1.165) is 48.0 Å². The summed E-state index contributed by atoms with van der Waals surface area (Å²) in [6, 6.07) is 2.44. The van der Waals surface area contributed by atoms with Gasteiger partial charge in [0, 0.05) is 30.7 Å². The van der Waals surface area contributed by atoms with Gasteiger partial charge in [-0.2, -0.15) is 0 Å². The lowest BCUT2D eigenvalue weighted by Crippen LogP contribution is -2.48. The van der Waals surface area contributed by atoms with Crippen LogP contribution in [-0.4, -0.2) is 48.8 Å². The van der Waals surface area contributed by atoms with Gasteiger partial charge >= 0.3 is 0 Å². The van der Waals surface area contributed by atoms with E-state index in [0.29, 0.717) is 12.0 Å². The Labute approximate surface area is 140 Å². The summed E-state index contributed by atoms with van der Waals surface area (Å²) in [4.78, 5) is 14.5. The molecule has 6 nitrogen and oxygen atoms in total. The SMILES string of the molecule is OC(C1CCC1)N1CCCC(n2cnc3cnc4[nH]ccc4c32)C1. The van der Waals surface area contributed by atoms with Gasteiger partial charge < -0.3 is 14.7 Å². The van der Waals surface area contributed by atoms with Gasteiger partial charge in [0.15, 0.2) is 0 Å². The topological polar surface area (TPSA) is 70.0 Å². The standard InChI is InChI=1S/C18H23N5O/c24-18(12-3-1-4-12)22-8-2-5-13(10-22)23-11-21-15-9-20-17-14(16(15)23)6-7-19-17/h6-7,9,11-13,18,24H,1-5,8,10H2,(H,19,20). The predicted molar refractivity (Wildman–Crippen MR) is 92.6 cm³/mol. The highest BCUT2D eigenvalue weighted by molar-refractivity contribution is 6.00. The second-order valence-corrected chi connectivity index (χ2v) is 7.28. The van der Waals surface area contributed by atoms with Gasteiger partial charge in [0.1, 0.15) is 17.4 Å². The number of aliphatic hydroxyl groups excluding tert-OH is 1. The third-order valence-corrected chi connectivity index (χ3v) is 5.89. The molecule has 3 aromatic heterocycles. The van der Waals surface area contributed by atoms with Crippen molar-refractivity contribution in [1.82, 2.24) is 24.4 Å². The fourth-order valence-electron chi connectivity index (χ4n) is 4.29. The molecule has 0 radical (unpaired) electrons. The molecule has 0 amide bonds. The molecular formula is C18H23N5O. The molecule has 1 saturated carbocycles. The summed E-state index contributed by atoms with van der Waals surface area (Å²) in [7, 11) is 0. The maximum Gasteiger partial charge on any atom is 0.139 e. The van der Waals surface area contributed by atoms with E-state index >= 15 is 0 Å². The van der Waals surface area contributed by atoms with E-state index in [2.05, 4.69) is 30.5 Å². The first-order chi connectivity index (χ1) is 11.8. The Balaban J connectivity index is 1.49. The van der Waals surface area contributed by atoms with E-state index in [4.69, 9.17) is 0 Å². The van der Waals surface area contributed by atoms with Crippen LogP contribution < -0.4 is 0 Å². The van der Waals surface area contributed by atoms with Gasteiger partial charge in [-0.1, -0.05) is 6.42 Å². The summed E-state index contributed by atoms with van der Waals surface area (Å²) < 4.78 is 2.30. The molecule has 2 aliphatic rings.